The van der Waals surface area contributed by atoms with E-state index in [1.807, 2.05) is 24.5 Å². The maximum absolute atomic E-state index is 4.03. The van der Waals surface area contributed by atoms with Gasteiger partial charge in [0.2, 0.25) is 0 Å². The van der Waals surface area contributed by atoms with Crippen molar-refractivity contribution in [2.45, 2.75) is 5.92 Å². The number of nitrogens with zero attached hydrogens (tertiary/aromatic N) is 1. The van der Waals surface area contributed by atoms with Gasteiger partial charge in [0.1, 0.15) is 0 Å². The minimum Gasteiger partial charge on any atom is -0.315 e. The number of nitrogens with one attached hydrogen (secondary N) is 1. The fourth-order valence-corrected chi connectivity index (χ4v) is 2.02. The highest BCUT2D eigenvalue weighted by Crippen LogP contribution is 2.24. The topological polar surface area (TPSA) is 24.9 Å². The molecule has 0 saturated carbocycles. The van der Waals surface area contributed by atoms with Gasteiger partial charge in [-0.05, 0) is 28.8 Å². The minimum atomic E-state index is 0. The van der Waals surface area contributed by atoms with Crippen molar-refractivity contribution in [3.63, 3.8) is 0 Å². The predicted molar refractivity (Wildman–Crippen MR) is 72.5 cm³/mol. The van der Waals surface area contributed by atoms with Crippen LogP contribution in [-0.2, 0) is 0 Å². The number of hydrogen-bond donors (Lipinski definition) is 1. The molecule has 0 aliphatic carbocycles. The number of aromatic nitrogens is 1. The van der Waals surface area contributed by atoms with Gasteiger partial charge in [0.25, 0.3) is 0 Å². The standard InChI is InChI=1S/C14H14N2.ClH/c1-3-12(14-9-16-10-14)4-2-11(1)13-5-7-15-8-6-13;/h1-8,14,16H,9-10H2;1H. The smallest absolute Gasteiger partial charge is 0.0273 e. The van der Waals surface area contributed by atoms with E-state index >= 15 is 0 Å². The molecule has 1 saturated heterocycles. The molecule has 2 nitrogen and oxygen atoms in total. The lowest BCUT2D eigenvalue weighted by molar-refractivity contribution is 0.448. The Morgan fingerprint density at radius 2 is 1.47 bits per heavy atom. The third kappa shape index (κ3) is 2.48. The van der Waals surface area contributed by atoms with Gasteiger partial charge >= 0.3 is 0 Å². The summed E-state index contributed by atoms with van der Waals surface area (Å²) in [5.41, 5.74) is 3.93. The van der Waals surface area contributed by atoms with E-state index in [0.717, 1.165) is 13.1 Å². The molecule has 1 aromatic carbocycles. The maximum atomic E-state index is 4.03. The second-order valence-electron chi connectivity index (χ2n) is 4.21. The molecular formula is C14H15ClN2. The summed E-state index contributed by atoms with van der Waals surface area (Å²) in [6, 6.07) is 13.0. The molecule has 17 heavy (non-hydrogen) atoms. The van der Waals surface area contributed by atoms with Crippen LogP contribution in [0.4, 0.5) is 0 Å². The van der Waals surface area contributed by atoms with Crippen molar-refractivity contribution in [3.05, 3.63) is 54.4 Å². The molecule has 3 rings (SSSR count). The molecule has 0 bridgehead atoms. The van der Waals surface area contributed by atoms with Crippen molar-refractivity contribution in [1.29, 1.82) is 0 Å². The third-order valence-corrected chi connectivity index (χ3v) is 3.18. The van der Waals surface area contributed by atoms with E-state index in [1.54, 1.807) is 0 Å². The van der Waals surface area contributed by atoms with Crippen LogP contribution in [-0.4, -0.2) is 18.1 Å². The quantitative estimate of drug-likeness (QED) is 0.882. The third-order valence-electron chi connectivity index (χ3n) is 3.18. The fraction of sp³-hybridized carbons (Fsp3) is 0.214. The maximum Gasteiger partial charge on any atom is 0.0273 e. The SMILES string of the molecule is Cl.c1cc(-c2ccc(C3CNC3)cc2)ccn1. The second kappa shape index (κ2) is 5.30. The van der Waals surface area contributed by atoms with Gasteiger partial charge in [-0.25, -0.2) is 0 Å². The lowest BCUT2D eigenvalue weighted by Gasteiger charge is -2.27. The number of pyridine rings is 1. The summed E-state index contributed by atoms with van der Waals surface area (Å²) in [7, 11) is 0. The van der Waals surface area contributed by atoms with Gasteiger partial charge in [0.15, 0.2) is 0 Å². The second-order valence-corrected chi connectivity index (χ2v) is 4.21. The number of halogens is 1. The minimum absolute atomic E-state index is 0. The van der Waals surface area contributed by atoms with Crippen LogP contribution >= 0.6 is 12.4 Å². The van der Waals surface area contributed by atoms with Crippen LogP contribution in [0.1, 0.15) is 11.5 Å². The van der Waals surface area contributed by atoms with Gasteiger partial charge in [-0.15, -0.1) is 12.4 Å². The Labute approximate surface area is 108 Å². The Morgan fingerprint density at radius 1 is 0.882 bits per heavy atom. The fourth-order valence-electron chi connectivity index (χ4n) is 2.02. The molecule has 2 aromatic rings. The summed E-state index contributed by atoms with van der Waals surface area (Å²) in [4.78, 5) is 4.03. The highest BCUT2D eigenvalue weighted by molar-refractivity contribution is 5.85. The normalized spacial score (nSPS) is 14.8. The van der Waals surface area contributed by atoms with Crippen molar-refractivity contribution >= 4 is 12.4 Å². The Bertz CT molecular complexity index is 463. The van der Waals surface area contributed by atoms with Gasteiger partial charge in [-0.3, -0.25) is 4.98 Å². The molecule has 0 spiro atoms. The molecule has 0 radical (unpaired) electrons. The molecule has 0 amide bonds. The Morgan fingerprint density at radius 3 is 2.00 bits per heavy atom. The summed E-state index contributed by atoms with van der Waals surface area (Å²) >= 11 is 0. The van der Waals surface area contributed by atoms with E-state index < -0.39 is 0 Å². The largest absolute Gasteiger partial charge is 0.315 e. The van der Waals surface area contributed by atoms with Crippen molar-refractivity contribution < 1.29 is 0 Å². The lowest BCUT2D eigenvalue weighted by atomic mass is 9.92. The van der Waals surface area contributed by atoms with Crippen LogP contribution in [0.15, 0.2) is 48.8 Å². The molecule has 88 valence electrons. The molecule has 1 aliphatic rings. The molecule has 1 aromatic heterocycles. The van der Waals surface area contributed by atoms with Crippen LogP contribution in [0.25, 0.3) is 11.1 Å². The molecule has 1 aliphatic heterocycles. The molecule has 1 fully saturated rings. The molecule has 1 N–H and O–H groups in total. The van der Waals surface area contributed by atoms with E-state index in [2.05, 4.69) is 34.6 Å². The molecule has 3 heteroatoms. The van der Waals surface area contributed by atoms with Gasteiger partial charge < -0.3 is 5.32 Å². The summed E-state index contributed by atoms with van der Waals surface area (Å²) in [6.45, 7) is 2.24. The van der Waals surface area contributed by atoms with Crippen LogP contribution in [0.5, 0.6) is 0 Å². The highest BCUT2D eigenvalue weighted by Gasteiger charge is 2.18. The molecule has 0 unspecified atom stereocenters. The molecule has 2 heterocycles. The van der Waals surface area contributed by atoms with E-state index in [4.69, 9.17) is 0 Å². The number of hydrogen-bond acceptors (Lipinski definition) is 2. The van der Waals surface area contributed by atoms with E-state index in [1.165, 1.54) is 16.7 Å². The average Bonchev–Trinajstić information content (AvgIpc) is 2.29. The van der Waals surface area contributed by atoms with Crippen molar-refractivity contribution in [2.24, 2.45) is 0 Å². The summed E-state index contributed by atoms with van der Waals surface area (Å²) in [5, 5.41) is 3.30. The lowest BCUT2D eigenvalue weighted by Crippen LogP contribution is -2.39. The summed E-state index contributed by atoms with van der Waals surface area (Å²) < 4.78 is 0. The van der Waals surface area contributed by atoms with Crippen LogP contribution < -0.4 is 5.32 Å². The summed E-state index contributed by atoms with van der Waals surface area (Å²) in [5.74, 6) is 0.714. The van der Waals surface area contributed by atoms with Gasteiger partial charge in [0.05, 0.1) is 0 Å². The van der Waals surface area contributed by atoms with E-state index in [-0.39, 0.29) is 12.4 Å². The van der Waals surface area contributed by atoms with E-state index in [9.17, 15) is 0 Å². The zero-order valence-corrected chi connectivity index (χ0v) is 10.3. The van der Waals surface area contributed by atoms with Gasteiger partial charge in [0, 0.05) is 31.4 Å². The highest BCUT2D eigenvalue weighted by atomic mass is 35.5. The van der Waals surface area contributed by atoms with Crippen molar-refractivity contribution in [1.82, 2.24) is 10.3 Å². The van der Waals surface area contributed by atoms with Gasteiger partial charge in [-0.2, -0.15) is 0 Å². The zero-order valence-electron chi connectivity index (χ0n) is 9.47. The average molecular weight is 247 g/mol. The zero-order chi connectivity index (χ0) is 10.8. The summed E-state index contributed by atoms with van der Waals surface area (Å²) in [6.07, 6.45) is 3.66. The first-order valence-electron chi connectivity index (χ1n) is 5.64. The number of benzene rings is 1. The van der Waals surface area contributed by atoms with Crippen molar-refractivity contribution in [2.75, 3.05) is 13.1 Å². The molecular weight excluding hydrogens is 232 g/mol. The number of rotatable bonds is 2. The Balaban J connectivity index is 0.00000108. The van der Waals surface area contributed by atoms with E-state index in [0.29, 0.717) is 5.92 Å². The van der Waals surface area contributed by atoms with Crippen LogP contribution in [0, 0.1) is 0 Å². The Hall–Kier alpha value is -1.38. The van der Waals surface area contributed by atoms with Crippen LogP contribution in [0.2, 0.25) is 0 Å². The molecule has 0 atom stereocenters. The van der Waals surface area contributed by atoms with Gasteiger partial charge in [-0.1, -0.05) is 24.3 Å². The van der Waals surface area contributed by atoms with Crippen LogP contribution in [0.3, 0.4) is 0 Å². The predicted octanol–water partition coefficient (Wildman–Crippen LogP) is 2.86. The first-order chi connectivity index (χ1) is 7.93. The first kappa shape index (κ1) is 12.1. The van der Waals surface area contributed by atoms with Crippen molar-refractivity contribution in [3.8, 4) is 11.1 Å². The first-order valence-corrected chi connectivity index (χ1v) is 5.64. The Kier molecular flexibility index (Phi) is 3.77. The monoisotopic (exact) mass is 246 g/mol.